The average molecular weight is 399 g/mol. The first kappa shape index (κ1) is 19.9. The normalized spacial score (nSPS) is 21.3. The predicted molar refractivity (Wildman–Crippen MR) is 111 cm³/mol. The van der Waals surface area contributed by atoms with Crippen LogP contribution in [-0.2, 0) is 9.59 Å². The summed E-state index contributed by atoms with van der Waals surface area (Å²) in [6.45, 7) is 6.67. The Hall–Kier alpha value is -2.41. The monoisotopic (exact) mass is 398 g/mol. The molecule has 1 aromatic rings. The number of hydrogen-bond acceptors (Lipinski definition) is 5. The molecule has 2 heterocycles. The van der Waals surface area contributed by atoms with Gasteiger partial charge in [-0.05, 0) is 44.0 Å². The van der Waals surface area contributed by atoms with Crippen molar-refractivity contribution in [2.45, 2.75) is 32.2 Å². The zero-order valence-electron chi connectivity index (χ0n) is 17.2. The van der Waals surface area contributed by atoms with Crippen molar-refractivity contribution in [3.8, 4) is 0 Å². The third-order valence-electron chi connectivity index (χ3n) is 6.54. The van der Waals surface area contributed by atoms with Crippen LogP contribution in [0.2, 0.25) is 0 Å². The number of carbonyl (C=O) groups excluding carboxylic acids is 3. The molecule has 2 aliphatic heterocycles. The molecule has 2 amide bonds. The van der Waals surface area contributed by atoms with Crippen LogP contribution < -0.4 is 4.90 Å². The van der Waals surface area contributed by atoms with E-state index in [9.17, 15) is 14.4 Å². The maximum atomic E-state index is 12.7. The molecule has 0 spiro atoms. The fourth-order valence-electron chi connectivity index (χ4n) is 4.35. The second-order valence-electron chi connectivity index (χ2n) is 8.34. The zero-order valence-corrected chi connectivity index (χ0v) is 17.2. The largest absolute Gasteiger partial charge is 0.360 e. The van der Waals surface area contributed by atoms with Gasteiger partial charge in [0.05, 0.1) is 13.1 Å². The van der Waals surface area contributed by atoms with Gasteiger partial charge in [-0.25, -0.2) is 0 Å². The lowest BCUT2D eigenvalue weighted by molar-refractivity contribution is -0.142. The van der Waals surface area contributed by atoms with Gasteiger partial charge in [0.15, 0.2) is 5.78 Å². The second-order valence-corrected chi connectivity index (χ2v) is 8.34. The molecule has 29 heavy (non-hydrogen) atoms. The molecular formula is C22H30N4O3. The highest BCUT2D eigenvalue weighted by atomic mass is 16.2. The smallest absolute Gasteiger partial charge is 0.242 e. The Kier molecular flexibility index (Phi) is 5.85. The molecule has 0 unspecified atom stereocenters. The van der Waals surface area contributed by atoms with E-state index >= 15 is 0 Å². The molecule has 0 atom stereocenters. The molecule has 7 heteroatoms. The predicted octanol–water partition coefficient (Wildman–Crippen LogP) is 1.23. The lowest BCUT2D eigenvalue weighted by atomic mass is 9.91. The van der Waals surface area contributed by atoms with Crippen molar-refractivity contribution in [1.82, 2.24) is 14.7 Å². The first-order valence-corrected chi connectivity index (χ1v) is 10.7. The van der Waals surface area contributed by atoms with Crippen LogP contribution >= 0.6 is 0 Å². The lowest BCUT2D eigenvalue weighted by Crippen LogP contribution is -2.57. The molecule has 0 aromatic heterocycles. The Bertz CT molecular complexity index is 767. The summed E-state index contributed by atoms with van der Waals surface area (Å²) in [4.78, 5) is 44.8. The third kappa shape index (κ3) is 4.45. The zero-order chi connectivity index (χ0) is 20.4. The lowest BCUT2D eigenvalue weighted by Gasteiger charge is -2.43. The Morgan fingerprint density at radius 3 is 2.21 bits per heavy atom. The van der Waals surface area contributed by atoms with Gasteiger partial charge >= 0.3 is 0 Å². The molecule has 0 radical (unpaired) electrons. The highest BCUT2D eigenvalue weighted by molar-refractivity contribution is 5.94. The van der Waals surface area contributed by atoms with E-state index in [-0.39, 0.29) is 30.7 Å². The van der Waals surface area contributed by atoms with Crippen molar-refractivity contribution in [3.63, 3.8) is 0 Å². The van der Waals surface area contributed by atoms with Gasteiger partial charge in [-0.15, -0.1) is 0 Å². The molecule has 2 saturated heterocycles. The average Bonchev–Trinajstić information content (AvgIpc) is 2.69. The van der Waals surface area contributed by atoms with Crippen LogP contribution in [0.3, 0.4) is 0 Å². The van der Waals surface area contributed by atoms with Gasteiger partial charge in [-0.2, -0.15) is 0 Å². The van der Waals surface area contributed by atoms with Crippen LogP contribution in [0, 0.1) is 0 Å². The number of benzene rings is 1. The summed E-state index contributed by atoms with van der Waals surface area (Å²) in [5.74, 6) is 0.0729. The van der Waals surface area contributed by atoms with Crippen LogP contribution in [0.25, 0.3) is 0 Å². The summed E-state index contributed by atoms with van der Waals surface area (Å²) in [7, 11) is 0. The van der Waals surface area contributed by atoms with E-state index in [1.165, 1.54) is 19.3 Å². The van der Waals surface area contributed by atoms with E-state index in [4.69, 9.17) is 0 Å². The second kappa shape index (κ2) is 8.53. The summed E-state index contributed by atoms with van der Waals surface area (Å²) in [5, 5.41) is 0. The Morgan fingerprint density at radius 2 is 1.66 bits per heavy atom. The number of anilines is 1. The van der Waals surface area contributed by atoms with Crippen molar-refractivity contribution >= 4 is 23.3 Å². The van der Waals surface area contributed by atoms with E-state index in [2.05, 4.69) is 4.90 Å². The van der Waals surface area contributed by atoms with Crippen LogP contribution in [0.15, 0.2) is 24.3 Å². The van der Waals surface area contributed by atoms with Crippen LogP contribution in [0.1, 0.15) is 36.5 Å². The minimum absolute atomic E-state index is 0.0200. The van der Waals surface area contributed by atoms with Gasteiger partial charge < -0.3 is 14.7 Å². The summed E-state index contributed by atoms with van der Waals surface area (Å²) < 4.78 is 0. The van der Waals surface area contributed by atoms with Crippen molar-refractivity contribution in [3.05, 3.63) is 29.8 Å². The summed E-state index contributed by atoms with van der Waals surface area (Å²) in [6.07, 6.45) is 3.92. The van der Waals surface area contributed by atoms with E-state index in [1.54, 1.807) is 24.0 Å². The molecule has 0 N–H and O–H groups in total. The van der Waals surface area contributed by atoms with Crippen LogP contribution in [0.4, 0.5) is 5.69 Å². The molecule has 7 nitrogen and oxygen atoms in total. The molecule has 3 fully saturated rings. The van der Waals surface area contributed by atoms with Crippen molar-refractivity contribution in [1.29, 1.82) is 0 Å². The fourth-order valence-corrected chi connectivity index (χ4v) is 4.35. The third-order valence-corrected chi connectivity index (χ3v) is 6.54. The van der Waals surface area contributed by atoms with Crippen LogP contribution in [-0.4, -0.2) is 90.7 Å². The van der Waals surface area contributed by atoms with Gasteiger partial charge in [0, 0.05) is 56.6 Å². The molecule has 4 rings (SSSR count). The number of ketones is 1. The first-order valence-electron chi connectivity index (χ1n) is 10.7. The number of hydrogen-bond donors (Lipinski definition) is 0. The van der Waals surface area contributed by atoms with E-state index in [0.29, 0.717) is 18.7 Å². The first-order chi connectivity index (χ1) is 14.0. The number of piperazine rings is 2. The molecule has 1 saturated carbocycles. The minimum atomic E-state index is -0.0200. The SMILES string of the molecule is CC(=O)c1ccc(N2CCN(CC(=O)N3CCN(C4CCC4)CC3)C(=O)C2)cc1. The maximum absolute atomic E-state index is 12.7. The maximum Gasteiger partial charge on any atom is 0.242 e. The number of nitrogens with zero attached hydrogens (tertiary/aromatic N) is 4. The van der Waals surface area contributed by atoms with Crippen molar-refractivity contribution in [2.24, 2.45) is 0 Å². The molecule has 0 bridgehead atoms. The van der Waals surface area contributed by atoms with Crippen molar-refractivity contribution in [2.75, 3.05) is 57.3 Å². The quantitative estimate of drug-likeness (QED) is 0.698. The van der Waals surface area contributed by atoms with E-state index in [1.807, 2.05) is 21.9 Å². The Morgan fingerprint density at radius 1 is 0.966 bits per heavy atom. The summed E-state index contributed by atoms with van der Waals surface area (Å²) in [6, 6.07) is 8.08. The van der Waals surface area contributed by atoms with Gasteiger partial charge in [-0.3, -0.25) is 19.3 Å². The minimum Gasteiger partial charge on any atom is -0.360 e. The van der Waals surface area contributed by atoms with Crippen LogP contribution in [0.5, 0.6) is 0 Å². The van der Waals surface area contributed by atoms with Gasteiger partial charge in [0.25, 0.3) is 0 Å². The highest BCUT2D eigenvalue weighted by Gasteiger charge is 2.31. The number of amides is 2. The molecule has 1 aromatic carbocycles. The molecular weight excluding hydrogens is 368 g/mol. The van der Waals surface area contributed by atoms with E-state index in [0.717, 1.165) is 37.9 Å². The summed E-state index contributed by atoms with van der Waals surface area (Å²) in [5.41, 5.74) is 1.60. The van der Waals surface area contributed by atoms with Gasteiger partial charge in [-0.1, -0.05) is 6.42 Å². The Balaban J connectivity index is 1.26. The number of carbonyl (C=O) groups is 3. The van der Waals surface area contributed by atoms with Gasteiger partial charge in [0.1, 0.15) is 0 Å². The number of rotatable bonds is 5. The highest BCUT2D eigenvalue weighted by Crippen LogP contribution is 2.25. The molecule has 156 valence electrons. The summed E-state index contributed by atoms with van der Waals surface area (Å²) >= 11 is 0. The van der Waals surface area contributed by atoms with Crippen molar-refractivity contribution < 1.29 is 14.4 Å². The number of Topliss-reactive ketones (excluding diaryl/α,β-unsaturated/α-hetero) is 1. The topological polar surface area (TPSA) is 64.2 Å². The fraction of sp³-hybridized carbons (Fsp3) is 0.591. The standard InChI is InChI=1S/C22H30N4O3/c1-17(27)18-5-7-20(8-6-18)25-13-14-26(22(29)15-25)16-21(28)24-11-9-23(10-12-24)19-3-2-4-19/h5-8,19H,2-4,9-16H2,1H3. The van der Waals surface area contributed by atoms with E-state index < -0.39 is 0 Å². The molecule has 3 aliphatic rings. The van der Waals surface area contributed by atoms with Gasteiger partial charge in [0.2, 0.25) is 11.8 Å². The Labute approximate surface area is 172 Å². The molecule has 1 aliphatic carbocycles.